The van der Waals surface area contributed by atoms with Gasteiger partial charge in [0.25, 0.3) is 5.91 Å². The third-order valence-corrected chi connectivity index (χ3v) is 6.23. The van der Waals surface area contributed by atoms with Gasteiger partial charge in [0.1, 0.15) is 0 Å². The molecule has 4 aromatic rings. The molecule has 170 valence electrons. The standard InChI is InChI=1S/C26H27N3O3S/c1-4-18-10-9-12-23-24(18)28-26(33-23)29(17-20-11-7-8-15-27-20)25(30)19-13-14-21(31-5-2)22(16-19)32-6-3/h7-16H,4-6,17H2,1-3H3. The van der Waals surface area contributed by atoms with Crippen molar-refractivity contribution < 1.29 is 14.3 Å². The van der Waals surface area contributed by atoms with Crippen molar-refractivity contribution >= 4 is 32.6 Å². The molecule has 2 aromatic carbocycles. The average molecular weight is 462 g/mol. The number of pyridine rings is 1. The Morgan fingerprint density at radius 1 is 0.970 bits per heavy atom. The van der Waals surface area contributed by atoms with Crippen LogP contribution in [0.1, 0.15) is 42.4 Å². The maximum atomic E-state index is 13.8. The number of carbonyl (C=O) groups is 1. The first-order valence-electron chi connectivity index (χ1n) is 11.1. The van der Waals surface area contributed by atoms with Gasteiger partial charge in [-0.3, -0.25) is 14.7 Å². The van der Waals surface area contributed by atoms with Gasteiger partial charge in [-0.25, -0.2) is 4.98 Å². The van der Waals surface area contributed by atoms with Crippen LogP contribution in [0, 0.1) is 0 Å². The zero-order valence-corrected chi connectivity index (χ0v) is 19.9. The third kappa shape index (κ3) is 4.98. The number of nitrogens with zero attached hydrogens (tertiary/aromatic N) is 3. The maximum absolute atomic E-state index is 13.8. The molecule has 7 heteroatoms. The van der Waals surface area contributed by atoms with Crippen LogP contribution < -0.4 is 14.4 Å². The quantitative estimate of drug-likeness (QED) is 0.311. The van der Waals surface area contributed by atoms with E-state index in [1.165, 1.54) is 16.9 Å². The van der Waals surface area contributed by atoms with Crippen LogP contribution in [0.15, 0.2) is 60.8 Å². The molecule has 2 heterocycles. The van der Waals surface area contributed by atoms with Crippen LogP contribution in [-0.2, 0) is 13.0 Å². The smallest absolute Gasteiger partial charge is 0.260 e. The number of rotatable bonds is 9. The fourth-order valence-electron chi connectivity index (χ4n) is 3.61. The molecular formula is C26H27N3O3S. The lowest BCUT2D eigenvalue weighted by atomic mass is 10.1. The molecule has 0 fully saturated rings. The van der Waals surface area contributed by atoms with Crippen molar-refractivity contribution in [3.05, 3.63) is 77.6 Å². The molecule has 0 unspecified atom stereocenters. The minimum atomic E-state index is -0.165. The molecular weight excluding hydrogens is 434 g/mol. The predicted molar refractivity (Wildman–Crippen MR) is 133 cm³/mol. The number of amides is 1. The maximum Gasteiger partial charge on any atom is 0.260 e. The number of benzene rings is 2. The first kappa shape index (κ1) is 22.7. The van der Waals surface area contributed by atoms with Gasteiger partial charge in [0.2, 0.25) is 0 Å². The summed E-state index contributed by atoms with van der Waals surface area (Å²) in [7, 11) is 0. The predicted octanol–water partition coefficient (Wildman–Crippen LogP) is 5.90. The molecule has 0 aliphatic heterocycles. The summed E-state index contributed by atoms with van der Waals surface area (Å²) >= 11 is 1.51. The number of thiazole rings is 1. The van der Waals surface area contributed by atoms with Crippen LogP contribution in [0.3, 0.4) is 0 Å². The monoisotopic (exact) mass is 461 g/mol. The van der Waals surface area contributed by atoms with Crippen molar-refractivity contribution in [3.63, 3.8) is 0 Å². The van der Waals surface area contributed by atoms with Gasteiger partial charge < -0.3 is 9.47 Å². The fraction of sp³-hybridized carbons (Fsp3) is 0.269. The molecule has 0 bridgehead atoms. The van der Waals surface area contributed by atoms with Gasteiger partial charge in [-0.1, -0.05) is 36.5 Å². The van der Waals surface area contributed by atoms with Crippen molar-refractivity contribution in [1.82, 2.24) is 9.97 Å². The summed E-state index contributed by atoms with van der Waals surface area (Å²) in [6, 6.07) is 17.2. The van der Waals surface area contributed by atoms with Crippen LogP contribution >= 0.6 is 11.3 Å². The van der Waals surface area contributed by atoms with E-state index in [1.807, 2.05) is 44.2 Å². The molecule has 6 nitrogen and oxygen atoms in total. The van der Waals surface area contributed by atoms with E-state index in [9.17, 15) is 4.79 Å². The van der Waals surface area contributed by atoms with E-state index in [0.717, 1.165) is 22.3 Å². The topological polar surface area (TPSA) is 64.5 Å². The third-order valence-electron chi connectivity index (χ3n) is 5.18. The molecule has 1 amide bonds. The van der Waals surface area contributed by atoms with Crippen LogP contribution in [0.2, 0.25) is 0 Å². The van der Waals surface area contributed by atoms with Gasteiger partial charge in [-0.2, -0.15) is 0 Å². The highest BCUT2D eigenvalue weighted by molar-refractivity contribution is 7.22. The van der Waals surface area contributed by atoms with Gasteiger partial charge in [0.05, 0.1) is 35.7 Å². The molecule has 33 heavy (non-hydrogen) atoms. The van der Waals surface area contributed by atoms with Gasteiger partial charge in [-0.05, 0) is 62.2 Å². The molecule has 0 N–H and O–H groups in total. The number of hydrogen-bond donors (Lipinski definition) is 0. The highest BCUT2D eigenvalue weighted by atomic mass is 32.1. The molecule has 0 aliphatic carbocycles. The number of aromatic nitrogens is 2. The second-order valence-corrected chi connectivity index (χ2v) is 8.36. The Morgan fingerprint density at radius 2 is 1.79 bits per heavy atom. The first-order chi connectivity index (χ1) is 16.1. The van der Waals surface area contributed by atoms with Crippen LogP contribution in [0.5, 0.6) is 11.5 Å². The molecule has 0 saturated carbocycles. The van der Waals surface area contributed by atoms with E-state index in [2.05, 4.69) is 18.0 Å². The van der Waals surface area contributed by atoms with Crippen molar-refractivity contribution in [2.24, 2.45) is 0 Å². The van der Waals surface area contributed by atoms with E-state index in [-0.39, 0.29) is 5.91 Å². The Morgan fingerprint density at radius 3 is 2.52 bits per heavy atom. The second-order valence-electron chi connectivity index (χ2n) is 7.35. The van der Waals surface area contributed by atoms with E-state index in [0.29, 0.717) is 42.0 Å². The zero-order chi connectivity index (χ0) is 23.2. The van der Waals surface area contributed by atoms with E-state index < -0.39 is 0 Å². The first-order valence-corrected chi connectivity index (χ1v) is 12.0. The lowest BCUT2D eigenvalue weighted by Gasteiger charge is -2.20. The van der Waals surface area contributed by atoms with E-state index in [1.54, 1.807) is 29.3 Å². The Hall–Kier alpha value is -3.45. The Bertz CT molecular complexity index is 1240. The van der Waals surface area contributed by atoms with Crippen molar-refractivity contribution in [2.75, 3.05) is 18.1 Å². The van der Waals surface area contributed by atoms with Gasteiger partial charge in [0.15, 0.2) is 16.6 Å². The van der Waals surface area contributed by atoms with Gasteiger partial charge in [0, 0.05) is 11.8 Å². The second kappa shape index (κ2) is 10.4. The van der Waals surface area contributed by atoms with Crippen LogP contribution in [0.25, 0.3) is 10.2 Å². The summed E-state index contributed by atoms with van der Waals surface area (Å²) < 4.78 is 12.5. The number of ether oxygens (including phenoxy) is 2. The zero-order valence-electron chi connectivity index (χ0n) is 19.1. The number of fused-ring (bicyclic) bond motifs is 1. The lowest BCUT2D eigenvalue weighted by molar-refractivity contribution is 0.0984. The van der Waals surface area contributed by atoms with Crippen molar-refractivity contribution in [2.45, 2.75) is 33.7 Å². The summed E-state index contributed by atoms with van der Waals surface area (Å²) in [5.41, 5.74) is 3.41. The summed E-state index contributed by atoms with van der Waals surface area (Å²) in [5, 5.41) is 0.647. The van der Waals surface area contributed by atoms with Crippen molar-refractivity contribution in [3.8, 4) is 11.5 Å². The van der Waals surface area contributed by atoms with E-state index >= 15 is 0 Å². The number of hydrogen-bond acceptors (Lipinski definition) is 6. The summed E-state index contributed by atoms with van der Waals surface area (Å²) in [6.45, 7) is 7.25. The molecule has 0 atom stereocenters. The Balaban J connectivity index is 1.77. The molecule has 0 aliphatic rings. The summed E-state index contributed by atoms with van der Waals surface area (Å²) in [6.07, 6.45) is 2.61. The van der Waals surface area contributed by atoms with Crippen LogP contribution in [0.4, 0.5) is 5.13 Å². The van der Waals surface area contributed by atoms with Crippen molar-refractivity contribution in [1.29, 1.82) is 0 Å². The summed E-state index contributed by atoms with van der Waals surface area (Å²) in [5.74, 6) is 1.02. The highest BCUT2D eigenvalue weighted by Crippen LogP contribution is 2.34. The number of aryl methyl sites for hydroxylation is 1. The molecule has 4 rings (SSSR count). The normalized spacial score (nSPS) is 10.9. The molecule has 2 aromatic heterocycles. The minimum Gasteiger partial charge on any atom is -0.490 e. The van der Waals surface area contributed by atoms with E-state index in [4.69, 9.17) is 14.5 Å². The molecule has 0 spiro atoms. The largest absolute Gasteiger partial charge is 0.490 e. The average Bonchev–Trinajstić information content (AvgIpc) is 3.28. The SMILES string of the molecule is CCOc1ccc(C(=O)N(Cc2ccccn2)c2nc3c(CC)cccc3s2)cc1OCC. The highest BCUT2D eigenvalue weighted by Gasteiger charge is 2.24. The Kier molecular flexibility index (Phi) is 7.19. The van der Waals surface area contributed by atoms with Gasteiger partial charge in [-0.15, -0.1) is 0 Å². The number of carbonyl (C=O) groups excluding carboxylic acids is 1. The lowest BCUT2D eigenvalue weighted by Crippen LogP contribution is -2.30. The van der Waals surface area contributed by atoms with Crippen LogP contribution in [-0.4, -0.2) is 29.1 Å². The number of para-hydroxylation sites is 1. The Labute approximate surface area is 197 Å². The molecule has 0 saturated heterocycles. The fourth-order valence-corrected chi connectivity index (χ4v) is 4.63. The summed E-state index contributed by atoms with van der Waals surface area (Å²) in [4.78, 5) is 24.8. The molecule has 0 radical (unpaired) electrons. The minimum absolute atomic E-state index is 0.165. The number of anilines is 1. The van der Waals surface area contributed by atoms with Gasteiger partial charge >= 0.3 is 0 Å².